The molecule has 3 aliphatic rings. The first-order valence-electron chi connectivity index (χ1n) is 15.4. The van der Waals surface area contributed by atoms with Gasteiger partial charge in [-0.05, 0) is 61.8 Å². The van der Waals surface area contributed by atoms with Gasteiger partial charge in [-0.15, -0.1) is 0 Å². The number of carbonyl (C=O) groups excluding carboxylic acids is 2. The van der Waals surface area contributed by atoms with Gasteiger partial charge in [-0.1, -0.05) is 52.4 Å². The van der Waals surface area contributed by atoms with Gasteiger partial charge in [0.25, 0.3) is 5.91 Å². The summed E-state index contributed by atoms with van der Waals surface area (Å²) in [7, 11) is 0. The van der Waals surface area contributed by atoms with Crippen molar-refractivity contribution >= 4 is 68.6 Å². The molecule has 6 rings (SSSR count). The minimum atomic E-state index is -0.752. The van der Waals surface area contributed by atoms with Crippen LogP contribution >= 0.6 is 34.2 Å². The second kappa shape index (κ2) is 13.9. The van der Waals surface area contributed by atoms with Crippen LogP contribution in [0.25, 0.3) is 11.0 Å². The number of hydrogen-bond donors (Lipinski definition) is 2. The summed E-state index contributed by atoms with van der Waals surface area (Å²) in [6.45, 7) is 2.93. The average Bonchev–Trinajstić information content (AvgIpc) is 3.63. The molecule has 9 nitrogen and oxygen atoms in total. The van der Waals surface area contributed by atoms with E-state index < -0.39 is 17.7 Å². The third-order valence-electron chi connectivity index (χ3n) is 9.43. The van der Waals surface area contributed by atoms with Crippen molar-refractivity contribution in [3.05, 3.63) is 64.6 Å². The number of fused-ring (bicyclic) bond motifs is 1. The Balaban J connectivity index is 1.11. The number of amides is 2. The van der Waals surface area contributed by atoms with Crippen LogP contribution in [0, 0.1) is 17.7 Å². The molecule has 2 saturated heterocycles. The summed E-state index contributed by atoms with van der Waals surface area (Å²) in [5.41, 5.74) is 1.13. The van der Waals surface area contributed by atoms with Crippen LogP contribution < -0.4 is 5.32 Å². The molecule has 2 amide bonds. The maximum atomic E-state index is 15.4. The number of benzene rings is 2. The maximum Gasteiger partial charge on any atom is 0.306 e. The molecule has 2 atom stereocenters. The smallest absolute Gasteiger partial charge is 0.306 e. The lowest BCUT2D eigenvalue weighted by Crippen LogP contribution is -2.53. The number of furan rings is 1. The molecule has 240 valence electrons. The Morgan fingerprint density at radius 3 is 2.60 bits per heavy atom. The van der Waals surface area contributed by atoms with E-state index in [2.05, 4.69) is 32.8 Å². The molecule has 0 bridgehead atoms. The van der Waals surface area contributed by atoms with Crippen molar-refractivity contribution in [3.8, 4) is 0 Å². The molecule has 3 aromatic rings. The molecule has 12 heteroatoms. The number of halogens is 3. The zero-order valence-electron chi connectivity index (χ0n) is 24.7. The first-order valence-corrected chi connectivity index (χ1v) is 17.3. The normalized spacial score (nSPS) is 24.1. The van der Waals surface area contributed by atoms with Gasteiger partial charge in [0.15, 0.2) is 0 Å². The number of nitrogens with zero attached hydrogens (tertiary/aromatic N) is 2. The van der Waals surface area contributed by atoms with Crippen molar-refractivity contribution in [2.45, 2.75) is 56.7 Å². The fraction of sp³-hybridized carbons (Fsp3) is 0.485. The van der Waals surface area contributed by atoms with E-state index in [1.807, 2.05) is 4.90 Å². The lowest BCUT2D eigenvalue weighted by atomic mass is 9.87. The molecule has 0 unspecified atom stereocenters. The third-order valence-corrected chi connectivity index (χ3v) is 11.0. The highest BCUT2D eigenvalue weighted by Crippen LogP contribution is 2.33. The number of carboxylic acids is 1. The summed E-state index contributed by atoms with van der Waals surface area (Å²) < 4.78 is 28.2. The number of likely N-dealkylation sites (tertiary alicyclic amines) is 2. The highest BCUT2D eigenvalue weighted by Gasteiger charge is 2.42. The Morgan fingerprint density at radius 2 is 1.87 bits per heavy atom. The molecular weight excluding hydrogens is 716 g/mol. The Hall–Kier alpha value is -2.74. The SMILES string of the molecule is O=C(Nc1cc(F)c(CC(=O)N2C[C@@H](N3CC(CI)C3)C[C@H]2COC2CCC(C(=O)O)CC2)cc1Cl)c1coc2ccccc12. The Bertz CT molecular complexity index is 1570. The zero-order valence-corrected chi connectivity index (χ0v) is 27.6. The summed E-state index contributed by atoms with van der Waals surface area (Å²) in [5.74, 6) is -1.73. The van der Waals surface area contributed by atoms with Crippen LogP contribution in [-0.2, 0) is 20.7 Å². The molecule has 2 aromatic carbocycles. The largest absolute Gasteiger partial charge is 0.481 e. The van der Waals surface area contributed by atoms with Crippen LogP contribution in [0.3, 0.4) is 0 Å². The Kier molecular flexibility index (Phi) is 9.98. The van der Waals surface area contributed by atoms with Crippen molar-refractivity contribution in [3.63, 3.8) is 0 Å². The molecule has 1 aliphatic carbocycles. The van der Waals surface area contributed by atoms with Gasteiger partial charge < -0.3 is 24.5 Å². The molecule has 0 radical (unpaired) electrons. The topological polar surface area (TPSA) is 112 Å². The van der Waals surface area contributed by atoms with Gasteiger partial charge in [-0.25, -0.2) is 4.39 Å². The Morgan fingerprint density at radius 1 is 1.11 bits per heavy atom. The number of hydrogen-bond acceptors (Lipinski definition) is 6. The van der Waals surface area contributed by atoms with E-state index in [9.17, 15) is 19.5 Å². The van der Waals surface area contributed by atoms with Crippen molar-refractivity contribution < 1.29 is 33.0 Å². The number of nitrogens with one attached hydrogen (secondary N) is 1. The number of aliphatic carboxylic acids is 1. The van der Waals surface area contributed by atoms with Gasteiger partial charge in [0.1, 0.15) is 17.7 Å². The maximum absolute atomic E-state index is 15.4. The number of anilines is 1. The first kappa shape index (κ1) is 32.2. The molecular formula is C33H36ClFIN3O6. The fourth-order valence-electron chi connectivity index (χ4n) is 6.78. The van der Waals surface area contributed by atoms with E-state index in [-0.39, 0.29) is 52.7 Å². The minimum absolute atomic E-state index is 0.0249. The number of alkyl halides is 1. The standard InChI is InChI=1S/C33H36ClFIN3O6/c34-27-9-21(28(35)12-29(27)37-32(41)26-18-45-30-4-2-1-3-25(26)30)10-31(40)39-16-22(38-14-19(13-36)15-38)11-23(39)17-44-24-7-5-20(6-8-24)33(42)43/h1-4,9,12,18-20,22-24H,5-8,10-11,13-17H2,(H,37,41)(H,42,43)/t20?,22-,23-,24?/m0/s1. The van der Waals surface area contributed by atoms with Gasteiger partial charge in [-0.3, -0.25) is 19.3 Å². The predicted molar refractivity (Wildman–Crippen MR) is 176 cm³/mol. The summed E-state index contributed by atoms with van der Waals surface area (Å²) in [5, 5.41) is 12.7. The molecule has 1 aromatic heterocycles. The van der Waals surface area contributed by atoms with E-state index in [1.165, 1.54) is 12.3 Å². The van der Waals surface area contributed by atoms with Crippen molar-refractivity contribution in [2.24, 2.45) is 11.8 Å². The number of para-hydroxylation sites is 1. The number of carboxylic acid groups (broad SMARTS) is 1. The van der Waals surface area contributed by atoms with Crippen LogP contribution in [0.1, 0.15) is 48.0 Å². The Labute approximate surface area is 279 Å². The number of carbonyl (C=O) groups is 3. The van der Waals surface area contributed by atoms with E-state index in [0.29, 0.717) is 61.3 Å². The van der Waals surface area contributed by atoms with E-state index >= 15 is 4.39 Å². The summed E-state index contributed by atoms with van der Waals surface area (Å²) in [6.07, 6.45) is 4.50. The van der Waals surface area contributed by atoms with Crippen LogP contribution in [0.5, 0.6) is 0 Å². The second-order valence-electron chi connectivity index (χ2n) is 12.4. The van der Waals surface area contributed by atoms with E-state index in [4.69, 9.17) is 20.8 Å². The molecule has 3 heterocycles. The molecule has 2 N–H and O–H groups in total. The van der Waals surface area contributed by atoms with Crippen molar-refractivity contribution in [1.29, 1.82) is 0 Å². The van der Waals surface area contributed by atoms with Crippen molar-refractivity contribution in [1.82, 2.24) is 9.80 Å². The molecule has 3 fully saturated rings. The lowest BCUT2D eigenvalue weighted by Gasteiger charge is -2.42. The number of rotatable bonds is 10. The van der Waals surface area contributed by atoms with E-state index in [0.717, 1.165) is 30.0 Å². The summed E-state index contributed by atoms with van der Waals surface area (Å²) in [4.78, 5) is 42.2. The average molecular weight is 752 g/mol. The van der Waals surface area contributed by atoms with Crippen molar-refractivity contribution in [2.75, 3.05) is 36.0 Å². The predicted octanol–water partition coefficient (Wildman–Crippen LogP) is 6.02. The zero-order chi connectivity index (χ0) is 31.7. The quantitative estimate of drug-likeness (QED) is 0.193. The lowest BCUT2D eigenvalue weighted by molar-refractivity contribution is -0.144. The van der Waals surface area contributed by atoms with Gasteiger partial charge >= 0.3 is 5.97 Å². The molecule has 1 saturated carbocycles. The van der Waals surface area contributed by atoms with Crippen LogP contribution in [0.15, 0.2) is 47.1 Å². The van der Waals surface area contributed by atoms with Crippen LogP contribution in [0.2, 0.25) is 5.02 Å². The number of ether oxygens (including phenoxy) is 1. The second-order valence-corrected chi connectivity index (χ2v) is 13.7. The first-order chi connectivity index (χ1) is 21.7. The van der Waals surface area contributed by atoms with E-state index in [1.54, 1.807) is 24.3 Å². The third kappa shape index (κ3) is 7.16. The summed E-state index contributed by atoms with van der Waals surface area (Å²) >= 11 is 8.90. The van der Waals surface area contributed by atoms with Crippen LogP contribution in [-0.4, -0.2) is 81.5 Å². The fourth-order valence-corrected chi connectivity index (χ4v) is 7.57. The monoisotopic (exact) mass is 751 g/mol. The highest BCUT2D eigenvalue weighted by molar-refractivity contribution is 14.1. The minimum Gasteiger partial charge on any atom is -0.481 e. The van der Waals surface area contributed by atoms with Gasteiger partial charge in [0.05, 0.1) is 47.4 Å². The molecule has 2 aliphatic heterocycles. The molecule has 45 heavy (non-hydrogen) atoms. The molecule has 0 spiro atoms. The van der Waals surface area contributed by atoms with Gasteiger partial charge in [0, 0.05) is 35.5 Å². The highest BCUT2D eigenvalue weighted by atomic mass is 127. The van der Waals surface area contributed by atoms with Gasteiger partial charge in [0.2, 0.25) is 5.91 Å². The summed E-state index contributed by atoms with van der Waals surface area (Å²) in [6, 6.07) is 9.73. The van der Waals surface area contributed by atoms with Crippen LogP contribution in [0.4, 0.5) is 10.1 Å². The van der Waals surface area contributed by atoms with Gasteiger partial charge in [-0.2, -0.15) is 0 Å².